The van der Waals surface area contributed by atoms with Gasteiger partial charge < -0.3 is 9.84 Å². The van der Waals surface area contributed by atoms with Crippen molar-refractivity contribution >= 4 is 0 Å². The fraction of sp³-hybridized carbons (Fsp3) is 0.500. The fourth-order valence-electron chi connectivity index (χ4n) is 1.66. The molecule has 0 bridgehead atoms. The monoisotopic (exact) mass is 230 g/mol. The van der Waals surface area contributed by atoms with Crippen LogP contribution in [0.3, 0.4) is 0 Å². The molecule has 0 spiro atoms. The summed E-state index contributed by atoms with van der Waals surface area (Å²) >= 11 is 0. The van der Waals surface area contributed by atoms with E-state index >= 15 is 0 Å². The van der Waals surface area contributed by atoms with Gasteiger partial charge in [-0.05, 0) is 18.6 Å². The van der Waals surface area contributed by atoms with Crippen molar-refractivity contribution in [3.8, 4) is 0 Å². The average Bonchev–Trinajstić information content (AvgIpc) is 2.25. The van der Waals surface area contributed by atoms with Crippen LogP contribution >= 0.6 is 0 Å². The Morgan fingerprint density at radius 3 is 2.31 bits per heavy atom. The number of rotatable bonds is 5. The molecule has 0 fully saturated rings. The van der Waals surface area contributed by atoms with Gasteiger partial charge >= 0.3 is 0 Å². The number of aliphatic hydroxyl groups is 1. The van der Waals surface area contributed by atoms with Crippen molar-refractivity contribution in [2.45, 2.75) is 32.0 Å². The van der Waals surface area contributed by atoms with E-state index in [4.69, 9.17) is 4.74 Å². The summed E-state index contributed by atoms with van der Waals surface area (Å²) in [6, 6.07) is 3.66. The molecule has 0 aliphatic heterocycles. The van der Waals surface area contributed by atoms with E-state index < -0.39 is 23.8 Å². The number of aliphatic hydroxyl groups excluding tert-OH is 1. The first-order valence-electron chi connectivity index (χ1n) is 5.23. The highest BCUT2D eigenvalue weighted by Gasteiger charge is 2.20. The molecule has 0 heterocycles. The lowest BCUT2D eigenvalue weighted by atomic mass is 10.0. The molecule has 1 aromatic carbocycles. The summed E-state index contributed by atoms with van der Waals surface area (Å²) in [6.45, 7) is 1.84. The molecule has 1 aromatic rings. The molecule has 0 aromatic heterocycles. The predicted molar refractivity (Wildman–Crippen MR) is 57.2 cm³/mol. The normalized spacial score (nSPS) is 14.8. The third-order valence-electron chi connectivity index (χ3n) is 2.61. The first-order valence-corrected chi connectivity index (χ1v) is 5.23. The van der Waals surface area contributed by atoms with Gasteiger partial charge in [0.05, 0.1) is 12.2 Å². The molecular formula is C12H16F2O2. The highest BCUT2D eigenvalue weighted by Crippen LogP contribution is 2.17. The smallest absolute Gasteiger partial charge is 0.129 e. The minimum absolute atomic E-state index is 0.0785. The lowest BCUT2D eigenvalue weighted by molar-refractivity contribution is -0.0135. The quantitative estimate of drug-likeness (QED) is 0.841. The molecular weight excluding hydrogens is 214 g/mol. The van der Waals surface area contributed by atoms with Gasteiger partial charge in [-0.15, -0.1) is 0 Å². The summed E-state index contributed by atoms with van der Waals surface area (Å²) in [5, 5.41) is 9.75. The van der Waals surface area contributed by atoms with E-state index in [-0.39, 0.29) is 12.0 Å². The molecule has 4 heteroatoms. The standard InChI is InChI=1S/C12H16F2O2/c1-3-12(16-2)11(15)7-8-9(13)5-4-6-10(8)14/h4-6,11-12,15H,3,7H2,1-2H3. The first kappa shape index (κ1) is 13.1. The molecule has 16 heavy (non-hydrogen) atoms. The second kappa shape index (κ2) is 5.92. The number of hydrogen-bond acceptors (Lipinski definition) is 2. The average molecular weight is 230 g/mol. The molecule has 1 N–H and O–H groups in total. The van der Waals surface area contributed by atoms with Gasteiger partial charge in [-0.2, -0.15) is 0 Å². The van der Waals surface area contributed by atoms with E-state index in [0.717, 1.165) is 0 Å². The van der Waals surface area contributed by atoms with Gasteiger partial charge in [0.1, 0.15) is 11.6 Å². The number of hydrogen-bond donors (Lipinski definition) is 1. The maximum atomic E-state index is 13.3. The van der Waals surface area contributed by atoms with Crippen LogP contribution in [-0.2, 0) is 11.2 Å². The van der Waals surface area contributed by atoms with E-state index in [1.54, 1.807) is 0 Å². The van der Waals surface area contributed by atoms with Gasteiger partial charge in [0.2, 0.25) is 0 Å². The van der Waals surface area contributed by atoms with E-state index in [0.29, 0.717) is 6.42 Å². The summed E-state index contributed by atoms with van der Waals surface area (Å²) in [5.74, 6) is -1.27. The molecule has 0 saturated heterocycles. The maximum Gasteiger partial charge on any atom is 0.129 e. The Balaban J connectivity index is 2.80. The number of halogens is 2. The molecule has 0 radical (unpaired) electrons. The van der Waals surface area contributed by atoms with Crippen molar-refractivity contribution in [3.05, 3.63) is 35.4 Å². The molecule has 2 atom stereocenters. The Hall–Kier alpha value is -1.00. The highest BCUT2D eigenvalue weighted by molar-refractivity contribution is 5.20. The lowest BCUT2D eigenvalue weighted by Crippen LogP contribution is -2.29. The first-order chi connectivity index (χ1) is 7.60. The van der Waals surface area contributed by atoms with E-state index in [2.05, 4.69) is 0 Å². The Morgan fingerprint density at radius 2 is 1.88 bits per heavy atom. The van der Waals surface area contributed by atoms with Crippen LogP contribution in [0.5, 0.6) is 0 Å². The summed E-state index contributed by atoms with van der Waals surface area (Å²) in [7, 11) is 1.47. The molecule has 2 unspecified atom stereocenters. The van der Waals surface area contributed by atoms with Crippen molar-refractivity contribution in [2.75, 3.05) is 7.11 Å². The predicted octanol–water partition coefficient (Wildman–Crippen LogP) is 2.29. The molecule has 0 aliphatic carbocycles. The summed E-state index contributed by atoms with van der Waals surface area (Å²) in [6.07, 6.45) is -0.793. The van der Waals surface area contributed by atoms with Crippen molar-refractivity contribution < 1.29 is 18.6 Å². The van der Waals surface area contributed by atoms with Crippen LogP contribution in [0.25, 0.3) is 0 Å². The summed E-state index contributed by atoms with van der Waals surface area (Å²) in [5.41, 5.74) is -0.0921. The topological polar surface area (TPSA) is 29.5 Å². The summed E-state index contributed by atoms with van der Waals surface area (Å²) < 4.78 is 31.6. The SMILES string of the molecule is CCC(OC)C(O)Cc1c(F)cccc1F. The molecule has 2 nitrogen and oxygen atoms in total. The summed E-state index contributed by atoms with van der Waals surface area (Å²) in [4.78, 5) is 0. The Bertz CT molecular complexity index is 318. The molecule has 90 valence electrons. The molecule has 1 rings (SSSR count). The molecule has 0 saturated carbocycles. The van der Waals surface area contributed by atoms with E-state index in [9.17, 15) is 13.9 Å². The number of benzene rings is 1. The third kappa shape index (κ3) is 3.00. The Morgan fingerprint density at radius 1 is 1.31 bits per heavy atom. The number of methoxy groups -OCH3 is 1. The van der Waals surface area contributed by atoms with Crippen LogP contribution in [0.1, 0.15) is 18.9 Å². The van der Waals surface area contributed by atoms with E-state index in [1.807, 2.05) is 6.92 Å². The Kier molecular flexibility index (Phi) is 4.83. The zero-order valence-corrected chi connectivity index (χ0v) is 9.41. The van der Waals surface area contributed by atoms with Crippen molar-refractivity contribution in [1.29, 1.82) is 0 Å². The highest BCUT2D eigenvalue weighted by atomic mass is 19.1. The zero-order valence-electron chi connectivity index (χ0n) is 9.41. The van der Waals surface area contributed by atoms with Crippen LogP contribution < -0.4 is 0 Å². The minimum atomic E-state index is -0.901. The van der Waals surface area contributed by atoms with Gasteiger partial charge in [-0.25, -0.2) is 8.78 Å². The second-order valence-electron chi connectivity index (χ2n) is 3.65. The maximum absolute atomic E-state index is 13.3. The largest absolute Gasteiger partial charge is 0.390 e. The Labute approximate surface area is 93.9 Å². The van der Waals surface area contributed by atoms with Crippen LogP contribution in [0.15, 0.2) is 18.2 Å². The number of ether oxygens (including phenoxy) is 1. The molecule has 0 amide bonds. The van der Waals surface area contributed by atoms with Crippen molar-refractivity contribution in [3.63, 3.8) is 0 Å². The van der Waals surface area contributed by atoms with Crippen molar-refractivity contribution in [2.24, 2.45) is 0 Å². The van der Waals surface area contributed by atoms with E-state index in [1.165, 1.54) is 25.3 Å². The molecule has 0 aliphatic rings. The van der Waals surface area contributed by atoms with Gasteiger partial charge in [0, 0.05) is 19.1 Å². The van der Waals surface area contributed by atoms with Crippen molar-refractivity contribution in [1.82, 2.24) is 0 Å². The zero-order chi connectivity index (χ0) is 12.1. The van der Waals surface area contributed by atoms with Gasteiger partial charge in [-0.1, -0.05) is 13.0 Å². The van der Waals surface area contributed by atoms with Gasteiger partial charge in [-0.3, -0.25) is 0 Å². The van der Waals surface area contributed by atoms with Crippen LogP contribution in [0, 0.1) is 11.6 Å². The van der Waals surface area contributed by atoms with Crippen LogP contribution in [0.4, 0.5) is 8.78 Å². The lowest BCUT2D eigenvalue weighted by Gasteiger charge is -2.20. The fourth-order valence-corrected chi connectivity index (χ4v) is 1.66. The second-order valence-corrected chi connectivity index (χ2v) is 3.65. The van der Waals surface area contributed by atoms with Gasteiger partial charge in [0.15, 0.2) is 0 Å². The van der Waals surface area contributed by atoms with Crippen LogP contribution in [-0.4, -0.2) is 24.4 Å². The minimum Gasteiger partial charge on any atom is -0.390 e. The van der Waals surface area contributed by atoms with Gasteiger partial charge in [0.25, 0.3) is 0 Å². The third-order valence-corrected chi connectivity index (χ3v) is 2.61. The van der Waals surface area contributed by atoms with Crippen LogP contribution in [0.2, 0.25) is 0 Å².